The van der Waals surface area contributed by atoms with Crippen LogP contribution in [0, 0.1) is 5.41 Å². The monoisotopic (exact) mass is 287 g/mol. The number of benzene rings is 1. The first-order valence-corrected chi connectivity index (χ1v) is 8.03. The Morgan fingerprint density at radius 1 is 1.33 bits per heavy atom. The number of hydrogen-bond acceptors (Lipinski definition) is 2. The molecule has 0 saturated carbocycles. The van der Waals surface area contributed by atoms with Crippen molar-refractivity contribution in [2.75, 3.05) is 6.61 Å². The molecule has 1 aromatic rings. The highest BCUT2D eigenvalue weighted by Gasteiger charge is 2.52. The van der Waals surface area contributed by atoms with Crippen LogP contribution in [0.2, 0.25) is 0 Å². The standard InChI is InChI=1S/C18H25NO2/c1-3-17(2)13-18(9-10-21-17)12-16(20)19-15(18)11-14-7-5-4-6-8-14/h4-8,15H,3,9-13H2,1-2H3,(H,19,20). The van der Waals surface area contributed by atoms with Gasteiger partial charge in [-0.3, -0.25) is 4.79 Å². The van der Waals surface area contributed by atoms with E-state index in [4.69, 9.17) is 4.74 Å². The lowest BCUT2D eigenvalue weighted by Crippen LogP contribution is -2.49. The van der Waals surface area contributed by atoms with Crippen molar-refractivity contribution in [1.29, 1.82) is 0 Å². The molecule has 1 N–H and O–H groups in total. The molecule has 2 saturated heterocycles. The average Bonchev–Trinajstić information content (AvgIpc) is 2.75. The summed E-state index contributed by atoms with van der Waals surface area (Å²) < 4.78 is 6.00. The smallest absolute Gasteiger partial charge is 0.220 e. The molecule has 0 radical (unpaired) electrons. The molecule has 2 heterocycles. The number of nitrogens with one attached hydrogen (secondary N) is 1. The quantitative estimate of drug-likeness (QED) is 0.928. The van der Waals surface area contributed by atoms with E-state index in [0.29, 0.717) is 6.42 Å². The molecule has 3 heteroatoms. The van der Waals surface area contributed by atoms with Gasteiger partial charge in [-0.1, -0.05) is 37.3 Å². The van der Waals surface area contributed by atoms with Crippen LogP contribution in [-0.2, 0) is 16.0 Å². The topological polar surface area (TPSA) is 38.3 Å². The Morgan fingerprint density at radius 2 is 2.10 bits per heavy atom. The largest absolute Gasteiger partial charge is 0.375 e. The minimum Gasteiger partial charge on any atom is -0.375 e. The molecular formula is C18H25NO2. The summed E-state index contributed by atoms with van der Waals surface area (Å²) in [6, 6.07) is 10.7. The van der Waals surface area contributed by atoms with Crippen molar-refractivity contribution in [3.8, 4) is 0 Å². The Labute approximate surface area is 127 Å². The molecule has 2 aliphatic rings. The molecule has 1 spiro atoms. The number of rotatable bonds is 3. The van der Waals surface area contributed by atoms with Gasteiger partial charge in [-0.15, -0.1) is 0 Å². The molecule has 21 heavy (non-hydrogen) atoms. The van der Waals surface area contributed by atoms with Gasteiger partial charge in [0.1, 0.15) is 0 Å². The van der Waals surface area contributed by atoms with Crippen LogP contribution in [0.1, 0.15) is 45.1 Å². The van der Waals surface area contributed by atoms with Crippen LogP contribution >= 0.6 is 0 Å². The lowest BCUT2D eigenvalue weighted by atomic mass is 9.67. The normalized spacial score (nSPS) is 35.9. The van der Waals surface area contributed by atoms with Gasteiger partial charge in [-0.2, -0.15) is 0 Å². The van der Waals surface area contributed by atoms with Crippen LogP contribution in [-0.4, -0.2) is 24.2 Å². The summed E-state index contributed by atoms with van der Waals surface area (Å²) >= 11 is 0. The minimum atomic E-state index is -0.0838. The molecule has 0 aliphatic carbocycles. The zero-order valence-electron chi connectivity index (χ0n) is 13.0. The van der Waals surface area contributed by atoms with Gasteiger partial charge in [0.05, 0.1) is 5.60 Å². The first kappa shape index (κ1) is 14.6. The molecule has 3 nitrogen and oxygen atoms in total. The van der Waals surface area contributed by atoms with E-state index in [1.807, 2.05) is 6.07 Å². The van der Waals surface area contributed by atoms with Gasteiger partial charge in [0.2, 0.25) is 5.91 Å². The van der Waals surface area contributed by atoms with E-state index in [9.17, 15) is 4.79 Å². The highest BCUT2D eigenvalue weighted by Crippen LogP contribution is 2.48. The van der Waals surface area contributed by atoms with Crippen LogP contribution < -0.4 is 5.32 Å². The molecule has 0 bridgehead atoms. The molecule has 2 fully saturated rings. The Hall–Kier alpha value is -1.35. The maximum Gasteiger partial charge on any atom is 0.220 e. The van der Waals surface area contributed by atoms with E-state index in [0.717, 1.165) is 32.3 Å². The molecular weight excluding hydrogens is 262 g/mol. The van der Waals surface area contributed by atoms with Gasteiger partial charge < -0.3 is 10.1 Å². The Kier molecular flexibility index (Phi) is 3.78. The Morgan fingerprint density at radius 3 is 2.81 bits per heavy atom. The van der Waals surface area contributed by atoms with Crippen LogP contribution in [0.25, 0.3) is 0 Å². The van der Waals surface area contributed by atoms with E-state index in [1.54, 1.807) is 0 Å². The fourth-order valence-corrected chi connectivity index (χ4v) is 4.02. The van der Waals surface area contributed by atoms with Crippen LogP contribution in [0.15, 0.2) is 30.3 Å². The van der Waals surface area contributed by atoms with Gasteiger partial charge in [0, 0.05) is 24.5 Å². The zero-order valence-corrected chi connectivity index (χ0v) is 13.0. The maximum absolute atomic E-state index is 12.1. The number of ether oxygens (including phenoxy) is 1. The number of carbonyl (C=O) groups is 1. The second-order valence-electron chi connectivity index (χ2n) is 6.93. The minimum absolute atomic E-state index is 0.0654. The number of hydrogen-bond donors (Lipinski definition) is 1. The fraction of sp³-hybridized carbons (Fsp3) is 0.611. The van der Waals surface area contributed by atoms with Gasteiger partial charge in [-0.05, 0) is 38.2 Å². The van der Waals surface area contributed by atoms with E-state index in [-0.39, 0.29) is 23.0 Å². The summed E-state index contributed by atoms with van der Waals surface area (Å²) in [6.45, 7) is 5.14. The summed E-state index contributed by atoms with van der Waals surface area (Å²) in [5, 5.41) is 3.23. The third-order valence-electron chi connectivity index (χ3n) is 5.39. The predicted molar refractivity (Wildman–Crippen MR) is 83.0 cm³/mol. The first-order valence-electron chi connectivity index (χ1n) is 8.03. The average molecular weight is 287 g/mol. The molecule has 3 atom stereocenters. The lowest BCUT2D eigenvalue weighted by molar-refractivity contribution is -0.127. The number of carbonyl (C=O) groups excluding carboxylic acids is 1. The van der Waals surface area contributed by atoms with Crippen molar-refractivity contribution in [1.82, 2.24) is 5.32 Å². The van der Waals surface area contributed by atoms with Crippen molar-refractivity contribution in [2.24, 2.45) is 5.41 Å². The number of amides is 1. The second-order valence-corrected chi connectivity index (χ2v) is 6.93. The van der Waals surface area contributed by atoms with Crippen molar-refractivity contribution < 1.29 is 9.53 Å². The van der Waals surface area contributed by atoms with E-state index < -0.39 is 0 Å². The molecule has 2 aliphatic heterocycles. The summed E-state index contributed by atoms with van der Waals surface area (Å²) in [5.41, 5.74) is 1.28. The highest BCUT2D eigenvalue weighted by atomic mass is 16.5. The van der Waals surface area contributed by atoms with Gasteiger partial charge >= 0.3 is 0 Å². The van der Waals surface area contributed by atoms with Gasteiger partial charge in [0.25, 0.3) is 0 Å². The van der Waals surface area contributed by atoms with Crippen LogP contribution in [0.3, 0.4) is 0 Å². The summed E-state index contributed by atoms with van der Waals surface area (Å²) in [5.74, 6) is 0.205. The summed E-state index contributed by atoms with van der Waals surface area (Å²) in [4.78, 5) is 12.1. The molecule has 1 aromatic carbocycles. The summed E-state index contributed by atoms with van der Waals surface area (Å²) in [6.07, 6.45) is 4.54. The first-order chi connectivity index (χ1) is 10.1. The highest BCUT2D eigenvalue weighted by molar-refractivity contribution is 5.80. The lowest BCUT2D eigenvalue weighted by Gasteiger charge is -2.46. The Balaban J connectivity index is 1.83. The van der Waals surface area contributed by atoms with E-state index >= 15 is 0 Å². The van der Waals surface area contributed by atoms with Gasteiger partial charge in [0.15, 0.2) is 0 Å². The molecule has 0 aromatic heterocycles. The van der Waals surface area contributed by atoms with Crippen molar-refractivity contribution in [2.45, 2.75) is 57.6 Å². The van der Waals surface area contributed by atoms with Crippen molar-refractivity contribution in [3.63, 3.8) is 0 Å². The SMILES string of the molecule is CCC1(C)CC2(CCO1)CC(=O)NC2Cc1ccccc1. The van der Waals surface area contributed by atoms with Crippen molar-refractivity contribution >= 4 is 5.91 Å². The van der Waals surface area contributed by atoms with E-state index in [2.05, 4.69) is 43.4 Å². The molecule has 114 valence electrons. The molecule has 3 unspecified atom stereocenters. The maximum atomic E-state index is 12.1. The second kappa shape index (κ2) is 5.45. The van der Waals surface area contributed by atoms with Gasteiger partial charge in [-0.25, -0.2) is 0 Å². The third-order valence-corrected chi connectivity index (χ3v) is 5.39. The molecule has 3 rings (SSSR count). The summed E-state index contributed by atoms with van der Waals surface area (Å²) in [7, 11) is 0. The zero-order chi connectivity index (χ0) is 14.9. The van der Waals surface area contributed by atoms with Crippen LogP contribution in [0.4, 0.5) is 0 Å². The predicted octanol–water partition coefficient (Wildman–Crippen LogP) is 3.08. The van der Waals surface area contributed by atoms with Crippen LogP contribution in [0.5, 0.6) is 0 Å². The Bertz CT molecular complexity index is 515. The molecule has 1 amide bonds. The van der Waals surface area contributed by atoms with Crippen molar-refractivity contribution in [3.05, 3.63) is 35.9 Å². The third kappa shape index (κ3) is 2.84. The fourth-order valence-electron chi connectivity index (χ4n) is 4.02. The van der Waals surface area contributed by atoms with E-state index in [1.165, 1.54) is 5.56 Å².